The van der Waals surface area contributed by atoms with Gasteiger partial charge in [-0.15, -0.1) is 0 Å². The normalized spacial score (nSPS) is 16.3. The number of nitrogens with zero attached hydrogens (tertiary/aromatic N) is 2. The molecular formula is C21H21N3O3. The number of fused-ring (bicyclic) bond motifs is 2. The van der Waals surface area contributed by atoms with Crippen molar-refractivity contribution in [1.29, 1.82) is 0 Å². The summed E-state index contributed by atoms with van der Waals surface area (Å²) in [6, 6.07) is 8.75. The summed E-state index contributed by atoms with van der Waals surface area (Å²) in [7, 11) is 0. The largest absolute Gasteiger partial charge is 0.364 e. The Kier molecular flexibility index (Phi) is 4.48. The van der Waals surface area contributed by atoms with Gasteiger partial charge in [-0.1, -0.05) is 12.1 Å². The molecule has 0 unspecified atom stereocenters. The molecule has 6 nitrogen and oxygen atoms in total. The van der Waals surface area contributed by atoms with Gasteiger partial charge in [0.1, 0.15) is 11.5 Å². The first-order chi connectivity index (χ1) is 13.0. The maximum absolute atomic E-state index is 13.2. The van der Waals surface area contributed by atoms with E-state index in [1.807, 2.05) is 12.1 Å². The van der Waals surface area contributed by atoms with Crippen LogP contribution in [0.2, 0.25) is 0 Å². The summed E-state index contributed by atoms with van der Waals surface area (Å²) in [4.78, 5) is 42.8. The van der Waals surface area contributed by atoms with Crippen molar-refractivity contribution in [2.24, 2.45) is 5.73 Å². The molecule has 2 N–H and O–H groups in total. The molecule has 0 saturated heterocycles. The summed E-state index contributed by atoms with van der Waals surface area (Å²) < 4.78 is 0. The Morgan fingerprint density at radius 2 is 1.74 bits per heavy atom. The predicted octanol–water partition coefficient (Wildman–Crippen LogP) is 2.68. The van der Waals surface area contributed by atoms with Gasteiger partial charge in [-0.05, 0) is 61.4 Å². The Morgan fingerprint density at radius 3 is 2.56 bits per heavy atom. The lowest BCUT2D eigenvalue weighted by Crippen LogP contribution is -2.37. The summed E-state index contributed by atoms with van der Waals surface area (Å²) in [5, 5.41) is 0. The molecule has 1 aliphatic heterocycles. The summed E-state index contributed by atoms with van der Waals surface area (Å²) in [6.45, 7) is 0.539. The molecule has 27 heavy (non-hydrogen) atoms. The van der Waals surface area contributed by atoms with Gasteiger partial charge in [-0.2, -0.15) is 0 Å². The third-order valence-corrected chi connectivity index (χ3v) is 5.29. The number of carbonyl (C=O) groups excluding carboxylic acids is 3. The van der Waals surface area contributed by atoms with E-state index >= 15 is 0 Å². The minimum Gasteiger partial charge on any atom is -0.364 e. The van der Waals surface area contributed by atoms with Crippen LogP contribution in [0.5, 0.6) is 0 Å². The lowest BCUT2D eigenvalue weighted by molar-refractivity contribution is 0.0971. The number of hydrogen-bond acceptors (Lipinski definition) is 4. The fraction of sp³-hybridized carbons (Fsp3) is 0.333. The minimum absolute atomic E-state index is 0.151. The zero-order chi connectivity index (χ0) is 19.0. The highest BCUT2D eigenvalue weighted by atomic mass is 16.2. The van der Waals surface area contributed by atoms with Gasteiger partial charge >= 0.3 is 0 Å². The van der Waals surface area contributed by atoms with Crippen molar-refractivity contribution < 1.29 is 14.4 Å². The molecule has 2 amide bonds. The Balaban J connectivity index is 1.70. The van der Waals surface area contributed by atoms with Crippen LogP contribution in [0.15, 0.2) is 30.3 Å². The van der Waals surface area contributed by atoms with Crippen molar-refractivity contribution in [1.82, 2.24) is 4.98 Å². The van der Waals surface area contributed by atoms with Crippen molar-refractivity contribution in [3.8, 4) is 0 Å². The maximum atomic E-state index is 13.2. The highest BCUT2D eigenvalue weighted by Gasteiger charge is 2.27. The highest BCUT2D eigenvalue weighted by molar-refractivity contribution is 6.07. The molecule has 1 aliphatic carbocycles. The van der Waals surface area contributed by atoms with Gasteiger partial charge in [-0.3, -0.25) is 19.3 Å². The Morgan fingerprint density at radius 1 is 0.963 bits per heavy atom. The lowest BCUT2D eigenvalue weighted by atomic mass is 9.98. The van der Waals surface area contributed by atoms with Crippen LogP contribution in [-0.2, 0) is 12.8 Å². The highest BCUT2D eigenvalue weighted by Crippen LogP contribution is 2.28. The Labute approximate surface area is 157 Å². The van der Waals surface area contributed by atoms with Gasteiger partial charge in [0.15, 0.2) is 5.78 Å². The standard InChI is InChI=1S/C21H21N3O3/c22-19(26)17-10-8-13-5-3-11-24(20(13)23-17)21(27)15-7-9-16-14(12-15)4-1-2-6-18(16)25/h7-10,12H,1-6,11H2,(H2,22,26). The van der Waals surface area contributed by atoms with Crippen molar-refractivity contribution >= 4 is 23.4 Å². The van der Waals surface area contributed by atoms with E-state index < -0.39 is 5.91 Å². The molecule has 0 fully saturated rings. The summed E-state index contributed by atoms with van der Waals surface area (Å²) in [6.07, 6.45) is 4.86. The van der Waals surface area contributed by atoms with E-state index in [2.05, 4.69) is 4.98 Å². The van der Waals surface area contributed by atoms with Crippen LogP contribution in [0, 0.1) is 0 Å². The molecule has 0 saturated carbocycles. The number of anilines is 1. The van der Waals surface area contributed by atoms with Crippen LogP contribution < -0.4 is 10.6 Å². The first kappa shape index (κ1) is 17.4. The van der Waals surface area contributed by atoms with E-state index in [1.165, 1.54) is 0 Å². The van der Waals surface area contributed by atoms with E-state index in [4.69, 9.17) is 5.73 Å². The topological polar surface area (TPSA) is 93.4 Å². The SMILES string of the molecule is NC(=O)c1ccc2c(n1)N(C(=O)c1ccc3c(c1)CCCCC3=O)CCC2. The van der Waals surface area contributed by atoms with E-state index in [-0.39, 0.29) is 17.4 Å². The number of benzene rings is 1. The monoisotopic (exact) mass is 363 g/mol. The van der Waals surface area contributed by atoms with Gasteiger partial charge in [0.2, 0.25) is 0 Å². The van der Waals surface area contributed by atoms with Crippen LogP contribution >= 0.6 is 0 Å². The van der Waals surface area contributed by atoms with Crippen molar-refractivity contribution in [3.05, 3.63) is 58.3 Å². The number of primary amides is 1. The average molecular weight is 363 g/mol. The summed E-state index contributed by atoms with van der Waals surface area (Å²) in [5.74, 6) is -0.116. The number of Topliss-reactive ketones (excluding diaryl/α,β-unsaturated/α-hetero) is 1. The third-order valence-electron chi connectivity index (χ3n) is 5.29. The third kappa shape index (κ3) is 3.23. The van der Waals surface area contributed by atoms with Gasteiger partial charge in [-0.25, -0.2) is 4.98 Å². The van der Waals surface area contributed by atoms with Crippen molar-refractivity contribution in [3.63, 3.8) is 0 Å². The van der Waals surface area contributed by atoms with E-state index in [0.29, 0.717) is 24.3 Å². The van der Waals surface area contributed by atoms with E-state index in [0.717, 1.165) is 48.8 Å². The van der Waals surface area contributed by atoms with Gasteiger partial charge in [0.25, 0.3) is 11.8 Å². The van der Waals surface area contributed by atoms with Gasteiger partial charge in [0, 0.05) is 24.1 Å². The van der Waals surface area contributed by atoms with Crippen LogP contribution in [0.3, 0.4) is 0 Å². The zero-order valence-corrected chi connectivity index (χ0v) is 15.0. The van der Waals surface area contributed by atoms with Gasteiger partial charge < -0.3 is 5.73 Å². The van der Waals surface area contributed by atoms with Crippen molar-refractivity contribution in [2.75, 3.05) is 11.4 Å². The number of aryl methyl sites for hydroxylation is 2. The van der Waals surface area contributed by atoms with Crippen LogP contribution in [0.25, 0.3) is 0 Å². The molecule has 6 heteroatoms. The second-order valence-electron chi connectivity index (χ2n) is 7.11. The van der Waals surface area contributed by atoms with Gasteiger partial charge in [0.05, 0.1) is 0 Å². The number of pyridine rings is 1. The predicted molar refractivity (Wildman–Crippen MR) is 101 cm³/mol. The fourth-order valence-corrected chi connectivity index (χ4v) is 3.87. The molecule has 0 spiro atoms. The molecule has 138 valence electrons. The number of hydrogen-bond donors (Lipinski definition) is 1. The molecule has 1 aromatic heterocycles. The van der Waals surface area contributed by atoms with Crippen LogP contribution in [0.4, 0.5) is 5.82 Å². The average Bonchev–Trinajstić information content (AvgIpc) is 2.87. The molecular weight excluding hydrogens is 342 g/mol. The lowest BCUT2D eigenvalue weighted by Gasteiger charge is -2.28. The molecule has 4 rings (SSSR count). The molecule has 0 bridgehead atoms. The smallest absolute Gasteiger partial charge is 0.267 e. The maximum Gasteiger partial charge on any atom is 0.267 e. The molecule has 2 heterocycles. The molecule has 2 aliphatic rings. The van der Waals surface area contributed by atoms with Crippen LogP contribution in [-0.4, -0.2) is 29.1 Å². The zero-order valence-electron chi connectivity index (χ0n) is 15.0. The van der Waals surface area contributed by atoms with E-state index in [9.17, 15) is 14.4 Å². The second kappa shape index (κ2) is 6.95. The first-order valence-electron chi connectivity index (χ1n) is 9.32. The minimum atomic E-state index is -0.612. The Bertz CT molecular complexity index is 952. The molecule has 2 aromatic rings. The fourth-order valence-electron chi connectivity index (χ4n) is 3.87. The number of ketones is 1. The van der Waals surface area contributed by atoms with Crippen LogP contribution in [0.1, 0.15) is 68.0 Å². The quantitative estimate of drug-likeness (QED) is 0.830. The first-order valence-corrected chi connectivity index (χ1v) is 9.32. The molecule has 1 aromatic carbocycles. The Hall–Kier alpha value is -3.02. The summed E-state index contributed by atoms with van der Waals surface area (Å²) in [5.41, 5.74) is 8.66. The van der Waals surface area contributed by atoms with Crippen molar-refractivity contribution in [2.45, 2.75) is 38.5 Å². The molecule has 0 radical (unpaired) electrons. The number of amides is 2. The molecule has 0 atom stereocenters. The summed E-state index contributed by atoms with van der Waals surface area (Å²) >= 11 is 0. The number of rotatable bonds is 2. The second-order valence-corrected chi connectivity index (χ2v) is 7.11. The number of aromatic nitrogens is 1. The number of carbonyl (C=O) groups is 3. The van der Waals surface area contributed by atoms with E-state index in [1.54, 1.807) is 23.1 Å². The number of nitrogens with two attached hydrogens (primary N) is 1.